The van der Waals surface area contributed by atoms with Gasteiger partial charge >= 0.3 is 5.97 Å². The van der Waals surface area contributed by atoms with Gasteiger partial charge in [0.25, 0.3) is 5.56 Å². The van der Waals surface area contributed by atoms with Crippen LogP contribution in [0.3, 0.4) is 0 Å². The third-order valence-electron chi connectivity index (χ3n) is 3.91. The SMILES string of the molecule is CCc1cc2c(=O)n(Cc3ccc(C(=O)OC)cc3)c(SC)nc2s1. The van der Waals surface area contributed by atoms with Crippen molar-refractivity contribution >= 4 is 39.3 Å². The molecule has 7 heteroatoms. The number of thioether (sulfide) groups is 1. The van der Waals surface area contributed by atoms with Gasteiger partial charge in [-0.15, -0.1) is 11.3 Å². The van der Waals surface area contributed by atoms with E-state index in [-0.39, 0.29) is 11.5 Å². The topological polar surface area (TPSA) is 61.2 Å². The molecule has 2 aromatic heterocycles. The Morgan fingerprint density at radius 1 is 1.32 bits per heavy atom. The molecule has 0 radical (unpaired) electrons. The summed E-state index contributed by atoms with van der Waals surface area (Å²) < 4.78 is 6.39. The van der Waals surface area contributed by atoms with Crippen molar-refractivity contribution in [2.45, 2.75) is 25.0 Å². The maximum atomic E-state index is 12.9. The molecule has 25 heavy (non-hydrogen) atoms. The van der Waals surface area contributed by atoms with Crippen LogP contribution in [0.1, 0.15) is 27.7 Å². The largest absolute Gasteiger partial charge is 0.465 e. The Kier molecular flexibility index (Phi) is 5.24. The van der Waals surface area contributed by atoms with Crippen LogP contribution < -0.4 is 5.56 Å². The Morgan fingerprint density at radius 3 is 2.64 bits per heavy atom. The minimum atomic E-state index is -0.373. The fourth-order valence-corrected chi connectivity index (χ4v) is 4.13. The van der Waals surface area contributed by atoms with E-state index in [1.54, 1.807) is 28.0 Å². The molecule has 0 aliphatic rings. The molecule has 0 saturated carbocycles. The Bertz CT molecular complexity index is 974. The minimum absolute atomic E-state index is 0.0256. The number of methoxy groups -OCH3 is 1. The highest BCUT2D eigenvalue weighted by Gasteiger charge is 2.14. The Hall–Kier alpha value is -2.12. The van der Waals surface area contributed by atoms with E-state index < -0.39 is 0 Å². The van der Waals surface area contributed by atoms with E-state index in [0.717, 1.165) is 21.7 Å². The minimum Gasteiger partial charge on any atom is -0.465 e. The lowest BCUT2D eigenvalue weighted by Gasteiger charge is -2.11. The van der Waals surface area contributed by atoms with Crippen molar-refractivity contribution in [2.75, 3.05) is 13.4 Å². The van der Waals surface area contributed by atoms with Crippen LogP contribution in [0.5, 0.6) is 0 Å². The molecule has 1 aromatic carbocycles. The van der Waals surface area contributed by atoms with Gasteiger partial charge < -0.3 is 4.74 Å². The molecule has 0 unspecified atom stereocenters. The summed E-state index contributed by atoms with van der Waals surface area (Å²) >= 11 is 3.03. The number of benzene rings is 1. The van der Waals surface area contributed by atoms with Gasteiger partial charge in [-0.3, -0.25) is 9.36 Å². The van der Waals surface area contributed by atoms with E-state index in [0.29, 0.717) is 22.7 Å². The molecular formula is C18H18N2O3S2. The molecule has 130 valence electrons. The van der Waals surface area contributed by atoms with Crippen molar-refractivity contribution in [3.05, 3.63) is 56.7 Å². The number of nitrogens with zero attached hydrogens (tertiary/aromatic N) is 2. The van der Waals surface area contributed by atoms with Crippen LogP contribution in [0.15, 0.2) is 40.3 Å². The molecule has 5 nitrogen and oxygen atoms in total. The van der Waals surface area contributed by atoms with E-state index >= 15 is 0 Å². The van der Waals surface area contributed by atoms with Gasteiger partial charge in [0.05, 0.1) is 24.6 Å². The third kappa shape index (κ3) is 3.48. The maximum Gasteiger partial charge on any atom is 0.337 e. The zero-order valence-corrected chi connectivity index (χ0v) is 15.9. The van der Waals surface area contributed by atoms with Gasteiger partial charge in [-0.25, -0.2) is 9.78 Å². The smallest absolute Gasteiger partial charge is 0.337 e. The Morgan fingerprint density at radius 2 is 2.04 bits per heavy atom. The fraction of sp³-hybridized carbons (Fsp3) is 0.278. The summed E-state index contributed by atoms with van der Waals surface area (Å²) in [5.74, 6) is -0.373. The highest BCUT2D eigenvalue weighted by molar-refractivity contribution is 7.98. The Balaban J connectivity index is 2.01. The summed E-state index contributed by atoms with van der Waals surface area (Å²) in [6.07, 6.45) is 2.81. The zero-order valence-electron chi connectivity index (χ0n) is 14.2. The van der Waals surface area contributed by atoms with E-state index in [9.17, 15) is 9.59 Å². The highest BCUT2D eigenvalue weighted by atomic mass is 32.2. The van der Waals surface area contributed by atoms with Crippen molar-refractivity contribution < 1.29 is 9.53 Å². The van der Waals surface area contributed by atoms with Crippen molar-refractivity contribution in [1.82, 2.24) is 9.55 Å². The number of rotatable bonds is 5. The quantitative estimate of drug-likeness (QED) is 0.388. The number of hydrogen-bond donors (Lipinski definition) is 0. The maximum absolute atomic E-state index is 12.9. The van der Waals surface area contributed by atoms with E-state index in [1.165, 1.54) is 18.9 Å². The van der Waals surface area contributed by atoms with Gasteiger partial charge in [0.2, 0.25) is 0 Å². The number of esters is 1. The summed E-state index contributed by atoms with van der Waals surface area (Å²) in [6.45, 7) is 2.48. The van der Waals surface area contributed by atoms with Crippen molar-refractivity contribution in [3.63, 3.8) is 0 Å². The van der Waals surface area contributed by atoms with E-state index in [2.05, 4.69) is 11.9 Å². The summed E-state index contributed by atoms with van der Waals surface area (Å²) in [5, 5.41) is 1.37. The molecule has 0 atom stereocenters. The predicted octanol–water partition coefficient (Wildman–Crippen LogP) is 3.58. The van der Waals surface area contributed by atoms with Crippen molar-refractivity contribution in [1.29, 1.82) is 0 Å². The molecule has 0 N–H and O–H groups in total. The number of ether oxygens (including phenoxy) is 1. The second-order valence-electron chi connectivity index (χ2n) is 5.46. The summed E-state index contributed by atoms with van der Waals surface area (Å²) in [7, 11) is 1.35. The van der Waals surface area contributed by atoms with Crippen LogP contribution in [0, 0.1) is 0 Å². The van der Waals surface area contributed by atoms with Crippen LogP contribution in [0.4, 0.5) is 0 Å². The van der Waals surface area contributed by atoms with Crippen LogP contribution in [0.25, 0.3) is 10.2 Å². The van der Waals surface area contributed by atoms with Gasteiger partial charge in [-0.1, -0.05) is 30.8 Å². The fourth-order valence-electron chi connectivity index (χ4n) is 2.56. The number of thiophene rings is 1. The van der Waals surface area contributed by atoms with Crippen LogP contribution in [0.2, 0.25) is 0 Å². The number of hydrogen-bond acceptors (Lipinski definition) is 6. The summed E-state index contributed by atoms with van der Waals surface area (Å²) in [5.41, 5.74) is 1.39. The molecule has 0 fully saturated rings. The number of carbonyl (C=O) groups excluding carboxylic acids is 1. The number of aromatic nitrogens is 2. The molecule has 0 bridgehead atoms. The average molecular weight is 374 g/mol. The van der Waals surface area contributed by atoms with Gasteiger partial charge in [-0.05, 0) is 36.4 Å². The second kappa shape index (κ2) is 7.41. The summed E-state index contributed by atoms with van der Waals surface area (Å²) in [6, 6.07) is 9.01. The average Bonchev–Trinajstić information content (AvgIpc) is 3.07. The number of fused-ring (bicyclic) bond motifs is 1. The molecule has 3 aromatic rings. The molecule has 0 aliphatic heterocycles. The monoisotopic (exact) mass is 374 g/mol. The van der Waals surface area contributed by atoms with Crippen molar-refractivity contribution in [2.24, 2.45) is 0 Å². The standard InChI is InChI=1S/C18H18N2O3S2/c1-4-13-9-14-15(25-13)19-18(24-3)20(16(14)21)10-11-5-7-12(8-6-11)17(22)23-2/h5-9H,4,10H2,1-3H3. The van der Waals surface area contributed by atoms with Gasteiger partial charge in [0.1, 0.15) is 4.83 Å². The first-order chi connectivity index (χ1) is 12.1. The second-order valence-corrected chi connectivity index (χ2v) is 7.35. The molecule has 0 aliphatic carbocycles. The van der Waals surface area contributed by atoms with E-state index in [4.69, 9.17) is 4.74 Å². The lowest BCUT2D eigenvalue weighted by atomic mass is 10.1. The van der Waals surface area contributed by atoms with Crippen molar-refractivity contribution in [3.8, 4) is 0 Å². The van der Waals surface area contributed by atoms with Gasteiger partial charge in [0.15, 0.2) is 5.16 Å². The number of aryl methyl sites for hydroxylation is 1. The molecule has 3 rings (SSSR count). The van der Waals surface area contributed by atoms with Gasteiger partial charge in [-0.2, -0.15) is 0 Å². The van der Waals surface area contributed by atoms with E-state index in [1.807, 2.05) is 24.5 Å². The van der Waals surface area contributed by atoms with Gasteiger partial charge in [0, 0.05) is 4.88 Å². The zero-order chi connectivity index (χ0) is 18.0. The first kappa shape index (κ1) is 17.7. The summed E-state index contributed by atoms with van der Waals surface area (Å²) in [4.78, 5) is 31.0. The van der Waals surface area contributed by atoms with Crippen LogP contribution in [-0.4, -0.2) is 28.9 Å². The Labute approximate surface area is 153 Å². The molecular weight excluding hydrogens is 356 g/mol. The molecule has 0 saturated heterocycles. The van der Waals surface area contributed by atoms with Crippen LogP contribution >= 0.6 is 23.1 Å². The normalized spacial score (nSPS) is 11.0. The first-order valence-electron chi connectivity index (χ1n) is 7.81. The lowest BCUT2D eigenvalue weighted by Crippen LogP contribution is -2.23. The predicted molar refractivity (Wildman–Crippen MR) is 102 cm³/mol. The molecule has 2 heterocycles. The highest BCUT2D eigenvalue weighted by Crippen LogP contribution is 2.24. The first-order valence-corrected chi connectivity index (χ1v) is 9.86. The number of carbonyl (C=O) groups is 1. The molecule has 0 amide bonds. The third-order valence-corrected chi connectivity index (χ3v) is 5.76. The van der Waals surface area contributed by atoms with Crippen LogP contribution in [-0.2, 0) is 17.7 Å². The lowest BCUT2D eigenvalue weighted by molar-refractivity contribution is 0.0600. The molecule has 0 spiro atoms.